The van der Waals surface area contributed by atoms with Crippen LogP contribution in [-0.2, 0) is 14.4 Å². The molecule has 10 heteroatoms. The molecule has 3 amide bonds. The molecule has 0 bridgehead atoms. The van der Waals surface area contributed by atoms with Crippen molar-refractivity contribution in [1.82, 2.24) is 5.43 Å². The summed E-state index contributed by atoms with van der Waals surface area (Å²) in [5, 5.41) is 9.10. The quantitative estimate of drug-likeness (QED) is 0.233. The van der Waals surface area contributed by atoms with Gasteiger partial charge in [0.05, 0.1) is 20.4 Å². The number of anilines is 2. The average molecular weight is 505 g/mol. The maximum absolute atomic E-state index is 12.3. The highest BCUT2D eigenvalue weighted by molar-refractivity contribution is 6.39. The number of rotatable bonds is 9. The zero-order valence-corrected chi connectivity index (χ0v) is 21.0. The highest BCUT2D eigenvalue weighted by Gasteiger charge is 2.13. The molecule has 192 valence electrons. The molecule has 0 radical (unpaired) electrons. The fourth-order valence-electron chi connectivity index (χ4n) is 3.18. The van der Waals surface area contributed by atoms with Crippen LogP contribution in [0.5, 0.6) is 17.2 Å². The molecule has 0 aliphatic heterocycles. The third-order valence-corrected chi connectivity index (χ3v) is 5.36. The largest absolute Gasteiger partial charge is 0.497 e. The summed E-state index contributed by atoms with van der Waals surface area (Å²) < 4.78 is 16.0. The number of aryl methyl sites for hydroxylation is 1. The zero-order chi connectivity index (χ0) is 26.8. The van der Waals surface area contributed by atoms with Gasteiger partial charge in [-0.15, -0.1) is 0 Å². The average Bonchev–Trinajstić information content (AvgIpc) is 2.90. The summed E-state index contributed by atoms with van der Waals surface area (Å²) in [7, 11) is 2.99. The van der Waals surface area contributed by atoms with Crippen LogP contribution in [0.4, 0.5) is 11.4 Å². The SMILES string of the molecule is COc1ccc(NC(=O)C(=O)N/N=C\c2ccc(OCC(=O)Nc3cccc(C)c3C)c(OC)c2)cc1. The number of hydrazone groups is 1. The number of hydrogen-bond acceptors (Lipinski definition) is 7. The smallest absolute Gasteiger partial charge is 0.329 e. The second kappa shape index (κ2) is 12.7. The van der Waals surface area contributed by atoms with Crippen molar-refractivity contribution in [3.8, 4) is 17.2 Å². The molecule has 0 atom stereocenters. The van der Waals surface area contributed by atoms with Gasteiger partial charge in [0.2, 0.25) is 0 Å². The molecule has 0 unspecified atom stereocenters. The van der Waals surface area contributed by atoms with Crippen LogP contribution in [0.1, 0.15) is 16.7 Å². The van der Waals surface area contributed by atoms with Crippen molar-refractivity contribution in [1.29, 1.82) is 0 Å². The van der Waals surface area contributed by atoms with Gasteiger partial charge in [-0.25, -0.2) is 5.43 Å². The van der Waals surface area contributed by atoms with Crippen LogP contribution in [0.25, 0.3) is 0 Å². The molecule has 0 saturated carbocycles. The van der Waals surface area contributed by atoms with Crippen molar-refractivity contribution in [2.24, 2.45) is 5.10 Å². The van der Waals surface area contributed by atoms with Gasteiger partial charge in [-0.3, -0.25) is 14.4 Å². The number of nitrogens with one attached hydrogen (secondary N) is 3. The molecule has 3 aromatic rings. The summed E-state index contributed by atoms with van der Waals surface area (Å²) in [6.45, 7) is 3.70. The van der Waals surface area contributed by atoms with E-state index in [0.29, 0.717) is 28.5 Å². The summed E-state index contributed by atoms with van der Waals surface area (Å²) >= 11 is 0. The van der Waals surface area contributed by atoms with E-state index in [1.165, 1.54) is 20.4 Å². The van der Waals surface area contributed by atoms with Crippen LogP contribution >= 0.6 is 0 Å². The molecule has 10 nitrogen and oxygen atoms in total. The van der Waals surface area contributed by atoms with E-state index in [2.05, 4.69) is 21.2 Å². The minimum atomic E-state index is -0.936. The molecule has 3 aromatic carbocycles. The highest BCUT2D eigenvalue weighted by atomic mass is 16.5. The van der Waals surface area contributed by atoms with Gasteiger partial charge in [0.1, 0.15) is 5.75 Å². The first-order valence-corrected chi connectivity index (χ1v) is 11.3. The van der Waals surface area contributed by atoms with Crippen molar-refractivity contribution >= 4 is 35.3 Å². The Morgan fingerprint density at radius 3 is 2.32 bits per heavy atom. The zero-order valence-electron chi connectivity index (χ0n) is 21.0. The summed E-state index contributed by atoms with van der Waals surface area (Å²) in [5.41, 5.74) is 5.97. The van der Waals surface area contributed by atoms with Crippen molar-refractivity contribution < 1.29 is 28.6 Å². The fourth-order valence-corrected chi connectivity index (χ4v) is 3.18. The van der Waals surface area contributed by atoms with Crippen LogP contribution in [-0.4, -0.2) is 44.8 Å². The first-order valence-electron chi connectivity index (χ1n) is 11.3. The Kier molecular flexibility index (Phi) is 9.20. The molecule has 3 N–H and O–H groups in total. The number of benzene rings is 3. The topological polar surface area (TPSA) is 127 Å². The van der Waals surface area contributed by atoms with Gasteiger partial charge in [0.25, 0.3) is 5.91 Å². The molecule has 0 spiro atoms. The Labute approximate surface area is 214 Å². The number of carbonyl (C=O) groups is 3. The molecule has 0 aliphatic carbocycles. The van der Waals surface area contributed by atoms with Gasteiger partial charge in [0, 0.05) is 11.4 Å². The van der Waals surface area contributed by atoms with Gasteiger partial charge >= 0.3 is 11.8 Å². The minimum Gasteiger partial charge on any atom is -0.497 e. The summed E-state index contributed by atoms with van der Waals surface area (Å²) in [4.78, 5) is 36.4. The lowest BCUT2D eigenvalue weighted by Gasteiger charge is -2.13. The minimum absolute atomic E-state index is 0.212. The normalized spacial score (nSPS) is 10.5. The number of methoxy groups -OCH3 is 2. The van der Waals surface area contributed by atoms with E-state index in [4.69, 9.17) is 14.2 Å². The van der Waals surface area contributed by atoms with Crippen LogP contribution in [0.3, 0.4) is 0 Å². The Balaban J connectivity index is 1.53. The Bertz CT molecular complexity index is 1300. The Morgan fingerprint density at radius 1 is 0.865 bits per heavy atom. The van der Waals surface area contributed by atoms with Gasteiger partial charge in [-0.1, -0.05) is 12.1 Å². The molecule has 0 heterocycles. The standard InChI is InChI=1S/C27H28N4O6/c1-17-6-5-7-22(18(17)2)30-25(32)16-37-23-13-8-19(14-24(23)36-4)15-28-31-27(34)26(33)29-20-9-11-21(35-3)12-10-20/h5-15H,16H2,1-4H3,(H,29,33)(H,30,32)(H,31,34)/b28-15-. The summed E-state index contributed by atoms with van der Waals surface area (Å²) in [6, 6.07) is 17.1. The molecule has 0 aliphatic rings. The highest BCUT2D eigenvalue weighted by Crippen LogP contribution is 2.27. The van der Waals surface area contributed by atoms with Crippen LogP contribution < -0.4 is 30.3 Å². The van der Waals surface area contributed by atoms with Crippen LogP contribution in [0, 0.1) is 13.8 Å². The number of carbonyl (C=O) groups excluding carboxylic acids is 3. The maximum Gasteiger partial charge on any atom is 0.329 e. The summed E-state index contributed by atoms with van der Waals surface area (Å²) in [6.07, 6.45) is 1.35. The second-order valence-electron chi connectivity index (χ2n) is 7.88. The number of ether oxygens (including phenoxy) is 3. The number of hydrogen-bond donors (Lipinski definition) is 3. The predicted octanol–water partition coefficient (Wildman–Crippen LogP) is 3.43. The van der Waals surface area contributed by atoms with Gasteiger partial charge in [-0.05, 0) is 79.1 Å². The fraction of sp³-hybridized carbons (Fsp3) is 0.185. The molecular formula is C27H28N4O6. The van der Waals surface area contributed by atoms with E-state index in [-0.39, 0.29) is 12.5 Å². The maximum atomic E-state index is 12.3. The van der Waals surface area contributed by atoms with Crippen LogP contribution in [0.2, 0.25) is 0 Å². The lowest BCUT2D eigenvalue weighted by Crippen LogP contribution is -2.32. The molecule has 0 fully saturated rings. The first kappa shape index (κ1) is 26.7. The Hall–Kier alpha value is -4.86. The van der Waals surface area contributed by atoms with Crippen molar-refractivity contribution in [3.63, 3.8) is 0 Å². The number of amides is 3. The summed E-state index contributed by atoms with van der Waals surface area (Å²) in [5.74, 6) is -0.765. The molecule has 0 saturated heterocycles. The van der Waals surface area contributed by atoms with Crippen molar-refractivity contribution in [2.45, 2.75) is 13.8 Å². The molecular weight excluding hydrogens is 476 g/mol. The van der Waals surface area contributed by atoms with E-state index in [1.54, 1.807) is 42.5 Å². The molecule has 0 aromatic heterocycles. The third-order valence-electron chi connectivity index (χ3n) is 5.36. The van der Waals surface area contributed by atoms with Gasteiger partial charge in [-0.2, -0.15) is 5.10 Å². The lowest BCUT2D eigenvalue weighted by molar-refractivity contribution is -0.136. The second-order valence-corrected chi connectivity index (χ2v) is 7.88. The monoisotopic (exact) mass is 504 g/mol. The third kappa shape index (κ3) is 7.56. The van der Waals surface area contributed by atoms with E-state index < -0.39 is 11.8 Å². The van der Waals surface area contributed by atoms with E-state index >= 15 is 0 Å². The molecule has 37 heavy (non-hydrogen) atoms. The Morgan fingerprint density at radius 2 is 1.62 bits per heavy atom. The lowest BCUT2D eigenvalue weighted by atomic mass is 10.1. The van der Waals surface area contributed by atoms with Crippen LogP contribution in [0.15, 0.2) is 65.8 Å². The van der Waals surface area contributed by atoms with E-state index in [0.717, 1.165) is 16.8 Å². The predicted molar refractivity (Wildman–Crippen MR) is 140 cm³/mol. The molecule has 3 rings (SSSR count). The van der Waals surface area contributed by atoms with E-state index in [1.807, 2.05) is 32.0 Å². The first-order chi connectivity index (χ1) is 17.8. The van der Waals surface area contributed by atoms with E-state index in [9.17, 15) is 14.4 Å². The van der Waals surface area contributed by atoms with Gasteiger partial charge in [0.15, 0.2) is 18.1 Å². The van der Waals surface area contributed by atoms with Crippen molar-refractivity contribution in [3.05, 3.63) is 77.4 Å². The van der Waals surface area contributed by atoms with Gasteiger partial charge < -0.3 is 24.8 Å². The van der Waals surface area contributed by atoms with Crippen molar-refractivity contribution in [2.75, 3.05) is 31.5 Å². The number of nitrogens with zero attached hydrogens (tertiary/aromatic N) is 1.